The second-order valence-corrected chi connectivity index (χ2v) is 2.37. The van der Waals surface area contributed by atoms with Gasteiger partial charge in [-0.15, -0.1) is 0 Å². The zero-order valence-electron chi connectivity index (χ0n) is 6.07. The molecule has 1 N–H and O–H groups in total. The van der Waals surface area contributed by atoms with Gasteiger partial charge in [0.1, 0.15) is 0 Å². The van der Waals surface area contributed by atoms with E-state index >= 15 is 0 Å². The highest BCUT2D eigenvalue weighted by Crippen LogP contribution is 2.17. The maximum Gasteiger partial charge on any atom is 0.270 e. The zero-order chi connectivity index (χ0) is 8.55. The minimum Gasteiger partial charge on any atom is -0.356 e. The van der Waals surface area contributed by atoms with Crippen LogP contribution in [0.2, 0.25) is 0 Å². The predicted octanol–water partition coefficient (Wildman–Crippen LogP) is 1.25. The molecular formula is C8H5N2O2. The van der Waals surface area contributed by atoms with Crippen LogP contribution in [0.3, 0.4) is 0 Å². The van der Waals surface area contributed by atoms with Gasteiger partial charge in [-0.1, -0.05) is 11.2 Å². The van der Waals surface area contributed by atoms with Crippen molar-refractivity contribution in [2.24, 2.45) is 0 Å². The molecule has 0 bridgehead atoms. The third-order valence-corrected chi connectivity index (χ3v) is 1.64. The van der Waals surface area contributed by atoms with Crippen LogP contribution in [0.5, 0.6) is 0 Å². The normalized spacial score (nSPS) is 10.3. The number of hydrogen-bond acceptors (Lipinski definition) is 3. The monoisotopic (exact) mass is 161 g/mol. The maximum absolute atomic E-state index is 10.8. The molecule has 0 unspecified atom stereocenters. The first-order valence-corrected chi connectivity index (χ1v) is 3.38. The molecule has 0 saturated carbocycles. The molecule has 0 saturated heterocycles. The molecule has 2 aromatic rings. The number of nitrogens with zero attached hydrogens (tertiary/aromatic N) is 1. The summed E-state index contributed by atoms with van der Waals surface area (Å²) in [4.78, 5) is 10.8. The van der Waals surface area contributed by atoms with Gasteiger partial charge in [0.15, 0.2) is 5.58 Å². The fraction of sp³-hybridized carbons (Fsp3) is 0. The lowest BCUT2D eigenvalue weighted by atomic mass is 10.1. The molecule has 2 rings (SSSR count). The molecule has 0 atom stereocenters. The third kappa shape index (κ3) is 0.852. The van der Waals surface area contributed by atoms with E-state index in [2.05, 4.69) is 5.16 Å². The Morgan fingerprint density at radius 3 is 3.08 bits per heavy atom. The van der Waals surface area contributed by atoms with Crippen LogP contribution in [-0.4, -0.2) is 11.1 Å². The summed E-state index contributed by atoms with van der Waals surface area (Å²) in [5, 5.41) is 4.13. The van der Waals surface area contributed by atoms with Gasteiger partial charge < -0.3 is 4.52 Å². The molecule has 59 valence electrons. The molecule has 4 nitrogen and oxygen atoms in total. The lowest BCUT2D eigenvalue weighted by Gasteiger charge is -1.92. The predicted molar refractivity (Wildman–Crippen MR) is 41.4 cm³/mol. The van der Waals surface area contributed by atoms with Gasteiger partial charge in [0.05, 0.1) is 17.1 Å². The van der Waals surface area contributed by atoms with E-state index in [1.54, 1.807) is 18.2 Å². The second-order valence-electron chi connectivity index (χ2n) is 2.37. The topological polar surface area (TPSA) is 66.9 Å². The molecule has 0 spiro atoms. The smallest absolute Gasteiger partial charge is 0.270 e. The Kier molecular flexibility index (Phi) is 1.33. The Balaban J connectivity index is 2.82. The number of aromatic nitrogens is 1. The number of benzene rings is 1. The zero-order valence-corrected chi connectivity index (χ0v) is 6.07. The highest BCUT2D eigenvalue weighted by molar-refractivity contribution is 6.04. The number of carbonyl (C=O) groups is 1. The quantitative estimate of drug-likeness (QED) is 0.632. The molecule has 1 radical (unpaired) electrons. The van der Waals surface area contributed by atoms with Crippen molar-refractivity contribution in [1.29, 1.82) is 0 Å². The standard InChI is InChI=1S/C8H5N2O2/c9-8(11)5-2-1-3-7-6(5)4-10-12-7/h1-4,9H. The van der Waals surface area contributed by atoms with Crippen molar-refractivity contribution in [3.63, 3.8) is 0 Å². The van der Waals surface area contributed by atoms with Gasteiger partial charge >= 0.3 is 0 Å². The molecule has 1 amide bonds. The van der Waals surface area contributed by atoms with Gasteiger partial charge in [0.25, 0.3) is 5.91 Å². The van der Waals surface area contributed by atoms with Crippen molar-refractivity contribution in [3.05, 3.63) is 30.0 Å². The highest BCUT2D eigenvalue weighted by atomic mass is 16.5. The van der Waals surface area contributed by atoms with Gasteiger partial charge in [-0.3, -0.25) is 10.5 Å². The van der Waals surface area contributed by atoms with Gasteiger partial charge in [-0.25, -0.2) is 0 Å². The van der Waals surface area contributed by atoms with Crippen LogP contribution in [0.4, 0.5) is 0 Å². The summed E-state index contributed by atoms with van der Waals surface area (Å²) in [6.45, 7) is 0. The number of hydrogen-bond donors (Lipinski definition) is 0. The van der Waals surface area contributed by atoms with E-state index < -0.39 is 5.91 Å². The SMILES string of the molecule is [NH]C(=O)c1cccc2oncc12. The van der Waals surface area contributed by atoms with Gasteiger partial charge in [0.2, 0.25) is 0 Å². The van der Waals surface area contributed by atoms with E-state index in [1.807, 2.05) is 0 Å². The maximum atomic E-state index is 10.8. The molecule has 1 aromatic carbocycles. The average molecular weight is 161 g/mol. The summed E-state index contributed by atoms with van der Waals surface area (Å²) < 4.78 is 4.82. The van der Waals surface area contributed by atoms with Gasteiger partial charge in [-0.2, -0.15) is 0 Å². The Hall–Kier alpha value is -1.84. The van der Waals surface area contributed by atoms with Crippen molar-refractivity contribution >= 4 is 16.9 Å². The fourth-order valence-electron chi connectivity index (χ4n) is 1.09. The Morgan fingerprint density at radius 1 is 1.50 bits per heavy atom. The second kappa shape index (κ2) is 2.34. The van der Waals surface area contributed by atoms with E-state index in [9.17, 15) is 4.79 Å². The van der Waals surface area contributed by atoms with Crippen molar-refractivity contribution in [2.45, 2.75) is 0 Å². The van der Waals surface area contributed by atoms with Crippen LogP contribution in [0.1, 0.15) is 10.4 Å². The summed E-state index contributed by atoms with van der Waals surface area (Å²) in [5.74, 6) is -0.719. The molecule has 0 aliphatic heterocycles. The number of amides is 1. The van der Waals surface area contributed by atoms with E-state index in [0.717, 1.165) is 0 Å². The van der Waals surface area contributed by atoms with E-state index in [-0.39, 0.29) is 0 Å². The molecule has 0 fully saturated rings. The summed E-state index contributed by atoms with van der Waals surface area (Å²) in [5.41, 5.74) is 7.79. The molecule has 4 heteroatoms. The number of nitrogens with one attached hydrogen (secondary N) is 1. The van der Waals surface area contributed by atoms with Crippen LogP contribution in [0.15, 0.2) is 28.9 Å². The van der Waals surface area contributed by atoms with Crippen molar-refractivity contribution in [3.8, 4) is 0 Å². The molecule has 12 heavy (non-hydrogen) atoms. The molecule has 1 aromatic heterocycles. The molecule has 0 aliphatic rings. The van der Waals surface area contributed by atoms with E-state index in [0.29, 0.717) is 16.5 Å². The van der Waals surface area contributed by atoms with Crippen molar-refractivity contribution in [1.82, 2.24) is 10.9 Å². The molecular weight excluding hydrogens is 156 g/mol. The fourth-order valence-corrected chi connectivity index (χ4v) is 1.09. The minimum absolute atomic E-state index is 0.328. The van der Waals surface area contributed by atoms with Crippen LogP contribution < -0.4 is 5.73 Å². The summed E-state index contributed by atoms with van der Waals surface area (Å²) in [6, 6.07) is 4.94. The van der Waals surface area contributed by atoms with E-state index in [1.165, 1.54) is 6.20 Å². The number of carbonyl (C=O) groups excluding carboxylic acids is 1. The van der Waals surface area contributed by atoms with Crippen molar-refractivity contribution < 1.29 is 9.32 Å². The van der Waals surface area contributed by atoms with E-state index in [4.69, 9.17) is 10.3 Å². The summed E-state index contributed by atoms with van der Waals surface area (Å²) in [7, 11) is 0. The largest absolute Gasteiger partial charge is 0.356 e. The van der Waals surface area contributed by atoms with Gasteiger partial charge in [0, 0.05) is 0 Å². The third-order valence-electron chi connectivity index (χ3n) is 1.64. The Bertz CT molecular complexity index is 433. The number of rotatable bonds is 1. The Morgan fingerprint density at radius 2 is 2.33 bits per heavy atom. The first kappa shape index (κ1) is 6.84. The lowest BCUT2D eigenvalue weighted by Crippen LogP contribution is -1.98. The van der Waals surface area contributed by atoms with Crippen molar-refractivity contribution in [2.75, 3.05) is 0 Å². The molecule has 1 heterocycles. The summed E-state index contributed by atoms with van der Waals surface area (Å²) in [6.07, 6.45) is 1.44. The van der Waals surface area contributed by atoms with Crippen LogP contribution >= 0.6 is 0 Å². The first-order valence-electron chi connectivity index (χ1n) is 3.38. The van der Waals surface area contributed by atoms with Crippen LogP contribution in [-0.2, 0) is 0 Å². The highest BCUT2D eigenvalue weighted by Gasteiger charge is 2.08. The first-order chi connectivity index (χ1) is 5.79. The van der Waals surface area contributed by atoms with Crippen LogP contribution in [0.25, 0.3) is 11.0 Å². The number of fused-ring (bicyclic) bond motifs is 1. The average Bonchev–Trinajstić information content (AvgIpc) is 2.49. The molecule has 0 aliphatic carbocycles. The van der Waals surface area contributed by atoms with Gasteiger partial charge in [-0.05, 0) is 12.1 Å². The Labute approximate surface area is 67.9 Å². The minimum atomic E-state index is -0.719. The summed E-state index contributed by atoms with van der Waals surface area (Å²) >= 11 is 0. The lowest BCUT2D eigenvalue weighted by molar-refractivity contribution is 0.0993. The van der Waals surface area contributed by atoms with Crippen LogP contribution in [0, 0.1) is 0 Å².